The second kappa shape index (κ2) is 8.14. The van der Waals surface area contributed by atoms with Crippen LogP contribution < -0.4 is 11.3 Å². The van der Waals surface area contributed by atoms with Gasteiger partial charge in [0, 0.05) is 18.8 Å². The van der Waals surface area contributed by atoms with E-state index < -0.39 is 0 Å². The number of carbonyl (C=O) groups is 2. The molecule has 0 aliphatic heterocycles. The maximum Gasteiger partial charge on any atom is 0.238 e. The fourth-order valence-corrected chi connectivity index (χ4v) is 2.19. The zero-order chi connectivity index (χ0) is 16.7. The van der Waals surface area contributed by atoms with E-state index in [0.717, 1.165) is 29.7 Å². The first kappa shape index (κ1) is 16.8. The minimum Gasteiger partial charge on any atom is -0.300 e. The van der Waals surface area contributed by atoms with Crippen LogP contribution in [0.15, 0.2) is 36.7 Å². The third-order valence-electron chi connectivity index (χ3n) is 3.41. The molecule has 6 heteroatoms. The van der Waals surface area contributed by atoms with Crippen LogP contribution in [-0.4, -0.2) is 21.7 Å². The molecule has 1 heterocycles. The maximum atomic E-state index is 11.2. The summed E-state index contributed by atoms with van der Waals surface area (Å²) >= 11 is 0. The molecule has 0 atom stereocenters. The number of benzene rings is 1. The van der Waals surface area contributed by atoms with Crippen LogP contribution in [-0.2, 0) is 35.3 Å². The van der Waals surface area contributed by atoms with E-state index in [9.17, 15) is 9.59 Å². The number of hydrogen-bond donors (Lipinski definition) is 2. The van der Waals surface area contributed by atoms with Crippen LogP contribution in [0.4, 0.5) is 0 Å². The number of hydrogen-bond acceptors (Lipinski definition) is 5. The minimum atomic E-state index is -0.210. The van der Waals surface area contributed by atoms with Gasteiger partial charge in [-0.05, 0) is 30.9 Å². The molecule has 0 unspecified atom stereocenters. The van der Waals surface area contributed by atoms with Crippen LogP contribution in [0.3, 0.4) is 0 Å². The molecule has 1 amide bonds. The first-order valence-corrected chi connectivity index (χ1v) is 7.43. The number of nitrogens with one attached hydrogen (secondary N) is 1. The summed E-state index contributed by atoms with van der Waals surface area (Å²) < 4.78 is 0. The Kier molecular flexibility index (Phi) is 5.94. The van der Waals surface area contributed by atoms with Gasteiger partial charge in [-0.25, -0.2) is 5.84 Å². The highest BCUT2D eigenvalue weighted by Crippen LogP contribution is 2.09. The Labute approximate surface area is 135 Å². The van der Waals surface area contributed by atoms with Crippen molar-refractivity contribution < 1.29 is 9.59 Å². The predicted molar refractivity (Wildman–Crippen MR) is 86.3 cm³/mol. The summed E-state index contributed by atoms with van der Waals surface area (Å²) in [5, 5.41) is 0. The quantitative estimate of drug-likeness (QED) is 0.450. The smallest absolute Gasteiger partial charge is 0.238 e. The monoisotopic (exact) mass is 312 g/mol. The zero-order valence-electron chi connectivity index (χ0n) is 13.1. The molecule has 2 aromatic rings. The summed E-state index contributed by atoms with van der Waals surface area (Å²) in [5.41, 5.74) is 5.79. The Morgan fingerprint density at radius 3 is 2.13 bits per heavy atom. The molecule has 1 aromatic heterocycles. The fraction of sp³-hybridized carbons (Fsp3) is 0.294. The van der Waals surface area contributed by atoms with E-state index in [-0.39, 0.29) is 18.1 Å². The summed E-state index contributed by atoms with van der Waals surface area (Å²) in [6, 6.07) is 7.84. The van der Waals surface area contributed by atoms with Crippen molar-refractivity contribution in [1.82, 2.24) is 15.4 Å². The largest absolute Gasteiger partial charge is 0.300 e. The molecule has 2 rings (SSSR count). The highest BCUT2D eigenvalue weighted by molar-refractivity contribution is 5.78. The summed E-state index contributed by atoms with van der Waals surface area (Å²) in [6.07, 6.45) is 5.59. The number of ketones is 1. The number of amides is 1. The average molecular weight is 312 g/mol. The van der Waals surface area contributed by atoms with Crippen molar-refractivity contribution in [1.29, 1.82) is 0 Å². The second-order valence-corrected chi connectivity index (χ2v) is 5.44. The lowest BCUT2D eigenvalue weighted by Gasteiger charge is -2.04. The number of nitrogens with zero attached hydrogens (tertiary/aromatic N) is 2. The van der Waals surface area contributed by atoms with E-state index in [0.29, 0.717) is 12.1 Å². The van der Waals surface area contributed by atoms with Crippen molar-refractivity contribution in [2.24, 2.45) is 5.84 Å². The summed E-state index contributed by atoms with van der Waals surface area (Å²) in [6.45, 7) is 1.54. The zero-order valence-corrected chi connectivity index (χ0v) is 13.1. The number of aryl methyl sites for hydroxylation is 2. The average Bonchev–Trinajstić information content (AvgIpc) is 2.55. The normalized spacial score (nSPS) is 10.3. The van der Waals surface area contributed by atoms with Crippen molar-refractivity contribution >= 4 is 11.7 Å². The predicted octanol–water partition coefficient (Wildman–Crippen LogP) is 0.926. The van der Waals surface area contributed by atoms with Crippen molar-refractivity contribution in [3.63, 3.8) is 0 Å². The van der Waals surface area contributed by atoms with Crippen LogP contribution in [0.1, 0.15) is 29.4 Å². The minimum absolute atomic E-state index is 0.0791. The van der Waals surface area contributed by atoms with Gasteiger partial charge in [0.15, 0.2) is 0 Å². The van der Waals surface area contributed by atoms with Gasteiger partial charge in [0.2, 0.25) is 5.91 Å². The molecule has 0 saturated carbocycles. The van der Waals surface area contributed by atoms with Gasteiger partial charge >= 0.3 is 0 Å². The Morgan fingerprint density at radius 2 is 1.57 bits per heavy atom. The van der Waals surface area contributed by atoms with Crippen molar-refractivity contribution in [2.45, 2.75) is 32.6 Å². The van der Waals surface area contributed by atoms with Gasteiger partial charge in [-0.3, -0.25) is 25.0 Å². The number of hydrazine groups is 1. The van der Waals surface area contributed by atoms with E-state index in [2.05, 4.69) is 15.4 Å². The highest BCUT2D eigenvalue weighted by atomic mass is 16.2. The van der Waals surface area contributed by atoms with E-state index >= 15 is 0 Å². The van der Waals surface area contributed by atoms with Crippen LogP contribution >= 0.6 is 0 Å². The molecule has 23 heavy (non-hydrogen) atoms. The van der Waals surface area contributed by atoms with Gasteiger partial charge in [-0.1, -0.05) is 24.3 Å². The molecule has 6 nitrogen and oxygen atoms in total. The number of rotatable bonds is 7. The number of Topliss-reactive ketones (excluding diaryl/α,β-unsaturated/α-hetero) is 1. The Hall–Kier alpha value is -2.60. The van der Waals surface area contributed by atoms with Gasteiger partial charge in [0.05, 0.1) is 17.8 Å². The third-order valence-corrected chi connectivity index (χ3v) is 3.41. The van der Waals surface area contributed by atoms with Gasteiger partial charge in [-0.2, -0.15) is 0 Å². The van der Waals surface area contributed by atoms with Gasteiger partial charge in [0.25, 0.3) is 0 Å². The highest BCUT2D eigenvalue weighted by Gasteiger charge is 2.03. The van der Waals surface area contributed by atoms with E-state index in [1.54, 1.807) is 12.4 Å². The van der Waals surface area contributed by atoms with E-state index in [1.165, 1.54) is 6.92 Å². The van der Waals surface area contributed by atoms with Crippen LogP contribution in [0.2, 0.25) is 0 Å². The van der Waals surface area contributed by atoms with Gasteiger partial charge < -0.3 is 0 Å². The van der Waals surface area contributed by atoms with E-state index in [4.69, 9.17) is 5.84 Å². The summed E-state index contributed by atoms with van der Waals surface area (Å²) in [4.78, 5) is 30.8. The standard InChI is InChI=1S/C17H20N4O2/c1-12(22)8-16-11-19-15(10-20-16)7-6-13-2-4-14(5-3-13)9-17(23)21-18/h2-5,10-11H,6-9,18H2,1H3,(H,21,23). The lowest BCUT2D eigenvalue weighted by Crippen LogP contribution is -2.31. The first-order valence-electron chi connectivity index (χ1n) is 7.43. The topological polar surface area (TPSA) is 98.0 Å². The molecular weight excluding hydrogens is 292 g/mol. The lowest BCUT2D eigenvalue weighted by molar-refractivity contribution is -0.120. The Balaban J connectivity index is 1.88. The third kappa shape index (κ3) is 5.60. The first-order chi connectivity index (χ1) is 11.1. The molecule has 0 radical (unpaired) electrons. The molecule has 120 valence electrons. The van der Waals surface area contributed by atoms with E-state index in [1.807, 2.05) is 24.3 Å². The number of carbonyl (C=O) groups excluding carboxylic acids is 2. The molecule has 0 bridgehead atoms. The molecule has 0 aliphatic rings. The second-order valence-electron chi connectivity index (χ2n) is 5.44. The summed E-state index contributed by atoms with van der Waals surface area (Å²) in [5.74, 6) is 4.94. The molecule has 0 spiro atoms. The molecule has 0 aliphatic carbocycles. The number of aromatic nitrogens is 2. The molecule has 0 saturated heterocycles. The maximum absolute atomic E-state index is 11.2. The Morgan fingerprint density at radius 1 is 0.957 bits per heavy atom. The van der Waals surface area contributed by atoms with Crippen LogP contribution in [0, 0.1) is 0 Å². The fourth-order valence-electron chi connectivity index (χ4n) is 2.19. The van der Waals surface area contributed by atoms with Gasteiger partial charge in [-0.15, -0.1) is 0 Å². The summed E-state index contributed by atoms with van der Waals surface area (Å²) in [7, 11) is 0. The molecular formula is C17H20N4O2. The molecule has 1 aromatic carbocycles. The Bertz CT molecular complexity index is 666. The number of nitrogens with two attached hydrogens (primary N) is 1. The molecule has 3 N–H and O–H groups in total. The lowest BCUT2D eigenvalue weighted by atomic mass is 10.0. The van der Waals surface area contributed by atoms with Crippen molar-refractivity contribution in [2.75, 3.05) is 0 Å². The van der Waals surface area contributed by atoms with Crippen molar-refractivity contribution in [3.05, 3.63) is 59.2 Å². The SMILES string of the molecule is CC(=O)Cc1cnc(CCc2ccc(CC(=O)NN)cc2)cn1. The molecule has 0 fully saturated rings. The van der Waals surface area contributed by atoms with Crippen LogP contribution in [0.5, 0.6) is 0 Å². The van der Waals surface area contributed by atoms with Crippen molar-refractivity contribution in [3.8, 4) is 0 Å². The van der Waals surface area contributed by atoms with Crippen LogP contribution in [0.25, 0.3) is 0 Å². The van der Waals surface area contributed by atoms with Gasteiger partial charge in [0.1, 0.15) is 5.78 Å².